The van der Waals surface area contributed by atoms with Crippen molar-refractivity contribution < 1.29 is 19.1 Å². The number of hydrogen-bond donors (Lipinski definition) is 1. The van der Waals surface area contributed by atoms with Crippen LogP contribution in [0.5, 0.6) is 0 Å². The Bertz CT molecular complexity index is 576. The van der Waals surface area contributed by atoms with Gasteiger partial charge in [0.2, 0.25) is 0 Å². The maximum atomic E-state index is 12.2. The molecule has 6 heteroatoms. The molecule has 0 saturated heterocycles. The van der Waals surface area contributed by atoms with Gasteiger partial charge in [0, 0.05) is 11.8 Å². The molecule has 130 valence electrons. The highest BCUT2D eigenvalue weighted by atomic mass is 16.5. The number of ketones is 1. The van der Waals surface area contributed by atoms with Gasteiger partial charge in [-0.05, 0) is 51.4 Å². The molecule has 0 aliphatic heterocycles. The van der Waals surface area contributed by atoms with Crippen molar-refractivity contribution in [3.63, 3.8) is 0 Å². The number of Topliss-reactive ketones (excluding diaryl/α,β-unsaturated/α-hetero) is 1. The van der Waals surface area contributed by atoms with Crippen molar-refractivity contribution >= 4 is 17.7 Å². The molecule has 3 fully saturated rings. The summed E-state index contributed by atoms with van der Waals surface area (Å²) in [5.74, 6) is -0.646. The van der Waals surface area contributed by atoms with Gasteiger partial charge in [0.05, 0.1) is 12.0 Å². The third-order valence-corrected chi connectivity index (χ3v) is 5.75. The van der Waals surface area contributed by atoms with Crippen LogP contribution in [0.1, 0.15) is 51.9 Å². The Kier molecular flexibility index (Phi) is 4.62. The summed E-state index contributed by atoms with van der Waals surface area (Å²) in [5.41, 5.74) is -0.877. The summed E-state index contributed by atoms with van der Waals surface area (Å²) in [6.45, 7) is 1.35. The SMILES string of the molecule is C[C@@](C#N)(NC(=O)COC(=O)C1C[C@H]2CCC[C@@H](C1)C2=O)C1CC1. The summed E-state index contributed by atoms with van der Waals surface area (Å²) in [6, 6.07) is 2.14. The van der Waals surface area contributed by atoms with Crippen LogP contribution >= 0.6 is 0 Å². The van der Waals surface area contributed by atoms with Crippen LogP contribution in [0, 0.1) is 35.0 Å². The number of esters is 1. The van der Waals surface area contributed by atoms with Gasteiger partial charge in [-0.1, -0.05) is 6.42 Å². The highest BCUT2D eigenvalue weighted by Gasteiger charge is 2.44. The predicted molar refractivity (Wildman–Crippen MR) is 84.4 cm³/mol. The van der Waals surface area contributed by atoms with Gasteiger partial charge in [0.25, 0.3) is 5.91 Å². The van der Waals surface area contributed by atoms with Crippen LogP contribution in [-0.4, -0.2) is 29.8 Å². The number of fused-ring (bicyclic) bond motifs is 2. The van der Waals surface area contributed by atoms with Crippen molar-refractivity contribution in [1.82, 2.24) is 5.32 Å². The average molecular weight is 332 g/mol. The molecule has 0 heterocycles. The van der Waals surface area contributed by atoms with Gasteiger partial charge in [0.15, 0.2) is 6.61 Å². The van der Waals surface area contributed by atoms with E-state index in [4.69, 9.17) is 4.74 Å². The summed E-state index contributed by atoms with van der Waals surface area (Å²) in [5, 5.41) is 11.9. The Balaban J connectivity index is 1.48. The Morgan fingerprint density at radius 3 is 2.42 bits per heavy atom. The fraction of sp³-hybridized carbons (Fsp3) is 0.778. The van der Waals surface area contributed by atoms with Crippen molar-refractivity contribution in [2.75, 3.05) is 6.61 Å². The second kappa shape index (κ2) is 6.54. The number of ether oxygens (including phenoxy) is 1. The average Bonchev–Trinajstić information content (AvgIpc) is 3.37. The van der Waals surface area contributed by atoms with Crippen LogP contribution in [0.3, 0.4) is 0 Å². The summed E-state index contributed by atoms with van der Waals surface area (Å²) >= 11 is 0. The van der Waals surface area contributed by atoms with Crippen molar-refractivity contribution in [2.45, 2.75) is 57.4 Å². The molecule has 3 aliphatic rings. The quantitative estimate of drug-likeness (QED) is 0.774. The Morgan fingerprint density at radius 2 is 1.88 bits per heavy atom. The predicted octanol–water partition coefficient (Wildman–Crippen LogP) is 1.73. The third kappa shape index (κ3) is 3.45. The summed E-state index contributed by atoms with van der Waals surface area (Å²) < 4.78 is 5.16. The third-order valence-electron chi connectivity index (χ3n) is 5.75. The minimum atomic E-state index is -0.877. The highest BCUT2D eigenvalue weighted by Crippen LogP contribution is 2.41. The maximum Gasteiger partial charge on any atom is 0.309 e. The molecule has 3 saturated carbocycles. The van der Waals surface area contributed by atoms with E-state index in [1.54, 1.807) is 6.92 Å². The number of carbonyl (C=O) groups excluding carboxylic acids is 3. The number of amides is 1. The van der Waals surface area contributed by atoms with Gasteiger partial charge in [-0.2, -0.15) is 5.26 Å². The normalized spacial score (nSPS) is 31.5. The van der Waals surface area contributed by atoms with Gasteiger partial charge >= 0.3 is 5.97 Å². The van der Waals surface area contributed by atoms with E-state index in [9.17, 15) is 19.6 Å². The fourth-order valence-corrected chi connectivity index (χ4v) is 4.13. The number of nitriles is 1. The molecule has 0 spiro atoms. The number of nitrogens with one attached hydrogen (secondary N) is 1. The zero-order chi connectivity index (χ0) is 17.3. The maximum absolute atomic E-state index is 12.2. The molecule has 3 rings (SSSR count). The van der Waals surface area contributed by atoms with E-state index in [-0.39, 0.29) is 36.2 Å². The standard InChI is InChI=1S/C18H24N2O4/c1-18(10-19,14-5-6-14)20-15(21)9-24-17(23)13-7-11-3-2-4-12(8-13)16(11)22/h11-14H,2-9H2,1H3,(H,20,21)/t11-,12+,13?,18-/m0/s1. The largest absolute Gasteiger partial charge is 0.455 e. The van der Waals surface area contributed by atoms with E-state index in [0.717, 1.165) is 32.1 Å². The molecule has 0 aromatic carbocycles. The second-order valence-electron chi connectivity index (χ2n) is 7.64. The lowest BCUT2D eigenvalue weighted by atomic mass is 9.67. The van der Waals surface area contributed by atoms with Gasteiger partial charge in [-0.25, -0.2) is 0 Å². The van der Waals surface area contributed by atoms with Crippen LogP contribution < -0.4 is 5.32 Å². The molecule has 0 radical (unpaired) electrons. The van der Waals surface area contributed by atoms with Crippen molar-refractivity contribution in [2.24, 2.45) is 23.7 Å². The number of rotatable bonds is 5. The lowest BCUT2D eigenvalue weighted by Gasteiger charge is -2.36. The zero-order valence-corrected chi connectivity index (χ0v) is 14.0. The molecule has 1 N–H and O–H groups in total. The van der Waals surface area contributed by atoms with E-state index in [1.807, 2.05) is 0 Å². The monoisotopic (exact) mass is 332 g/mol. The van der Waals surface area contributed by atoms with Gasteiger partial charge in [-0.15, -0.1) is 0 Å². The molecular weight excluding hydrogens is 308 g/mol. The first-order valence-corrected chi connectivity index (χ1v) is 8.85. The molecule has 2 bridgehead atoms. The molecule has 0 aromatic heterocycles. The van der Waals surface area contributed by atoms with Gasteiger partial charge in [0.1, 0.15) is 11.3 Å². The smallest absolute Gasteiger partial charge is 0.309 e. The molecule has 1 unspecified atom stereocenters. The topological polar surface area (TPSA) is 96.3 Å². The van der Waals surface area contributed by atoms with Crippen LogP contribution in [0.15, 0.2) is 0 Å². The van der Waals surface area contributed by atoms with Crippen LogP contribution in [-0.2, 0) is 19.1 Å². The fourth-order valence-electron chi connectivity index (χ4n) is 4.13. The van der Waals surface area contributed by atoms with Gasteiger partial charge in [-0.3, -0.25) is 14.4 Å². The first-order valence-electron chi connectivity index (χ1n) is 8.85. The lowest BCUT2D eigenvalue weighted by molar-refractivity contribution is -0.157. The minimum Gasteiger partial charge on any atom is -0.455 e. The van der Waals surface area contributed by atoms with E-state index < -0.39 is 11.4 Å². The van der Waals surface area contributed by atoms with E-state index in [1.165, 1.54) is 0 Å². The molecule has 6 nitrogen and oxygen atoms in total. The minimum absolute atomic E-state index is 0.0133. The van der Waals surface area contributed by atoms with E-state index in [0.29, 0.717) is 18.6 Å². The van der Waals surface area contributed by atoms with Crippen molar-refractivity contribution in [1.29, 1.82) is 5.26 Å². The summed E-state index contributed by atoms with van der Waals surface area (Å²) in [6.07, 6.45) is 5.75. The second-order valence-corrected chi connectivity index (χ2v) is 7.64. The zero-order valence-electron chi connectivity index (χ0n) is 14.0. The molecule has 24 heavy (non-hydrogen) atoms. The van der Waals surface area contributed by atoms with Gasteiger partial charge < -0.3 is 10.1 Å². The summed E-state index contributed by atoms with van der Waals surface area (Å²) in [4.78, 5) is 36.3. The highest BCUT2D eigenvalue weighted by molar-refractivity contribution is 5.88. The number of hydrogen-bond acceptors (Lipinski definition) is 5. The lowest BCUT2D eigenvalue weighted by Crippen LogP contribution is -2.48. The molecular formula is C18H24N2O4. The Morgan fingerprint density at radius 1 is 1.25 bits per heavy atom. The van der Waals surface area contributed by atoms with Crippen LogP contribution in [0.2, 0.25) is 0 Å². The molecule has 3 aliphatic carbocycles. The van der Waals surface area contributed by atoms with Crippen LogP contribution in [0.4, 0.5) is 0 Å². The molecule has 1 amide bonds. The Hall–Kier alpha value is -1.90. The van der Waals surface area contributed by atoms with E-state index in [2.05, 4.69) is 11.4 Å². The van der Waals surface area contributed by atoms with E-state index >= 15 is 0 Å². The van der Waals surface area contributed by atoms with Crippen molar-refractivity contribution in [3.05, 3.63) is 0 Å². The first kappa shape index (κ1) is 16.9. The molecule has 4 atom stereocenters. The van der Waals surface area contributed by atoms with Crippen LogP contribution in [0.25, 0.3) is 0 Å². The van der Waals surface area contributed by atoms with Crippen molar-refractivity contribution in [3.8, 4) is 6.07 Å². The number of carbonyl (C=O) groups is 3. The first-order chi connectivity index (χ1) is 11.4. The number of nitrogens with zero attached hydrogens (tertiary/aromatic N) is 1. The molecule has 0 aromatic rings. The Labute approximate surface area is 141 Å². The summed E-state index contributed by atoms with van der Waals surface area (Å²) in [7, 11) is 0.